The van der Waals surface area contributed by atoms with Gasteiger partial charge in [-0.1, -0.05) is 22.0 Å². The van der Waals surface area contributed by atoms with Gasteiger partial charge in [0.15, 0.2) is 11.4 Å². The first kappa shape index (κ1) is 16.8. The van der Waals surface area contributed by atoms with Gasteiger partial charge in [-0.3, -0.25) is 10.1 Å². The number of hydrogen-bond donors (Lipinski definition) is 0. The quantitative estimate of drug-likeness (QED) is 0.336. The molecular weight excluding hydrogens is 392 g/mol. The van der Waals surface area contributed by atoms with Crippen LogP contribution in [0.15, 0.2) is 57.6 Å². The minimum atomic E-state index is -0.614. The molecule has 0 saturated carbocycles. The SMILES string of the molecule is COc1ccc(/C=C2/N=C(c3ccc(Br)cc3)OC2=O)cc1[N+](=O)[O-]. The molecule has 0 saturated heterocycles. The monoisotopic (exact) mass is 402 g/mol. The van der Waals surface area contributed by atoms with Crippen molar-refractivity contribution < 1.29 is 19.2 Å². The van der Waals surface area contributed by atoms with Gasteiger partial charge in [-0.2, -0.15) is 0 Å². The second-order valence-corrected chi connectivity index (χ2v) is 5.95. The van der Waals surface area contributed by atoms with E-state index in [1.54, 1.807) is 30.3 Å². The molecule has 8 heteroatoms. The van der Waals surface area contributed by atoms with Gasteiger partial charge >= 0.3 is 11.7 Å². The number of methoxy groups -OCH3 is 1. The molecule has 25 heavy (non-hydrogen) atoms. The molecule has 0 atom stereocenters. The first-order chi connectivity index (χ1) is 12.0. The summed E-state index contributed by atoms with van der Waals surface area (Å²) in [5.41, 5.74) is 0.971. The number of rotatable bonds is 4. The highest BCUT2D eigenvalue weighted by molar-refractivity contribution is 9.10. The number of hydrogen-bond acceptors (Lipinski definition) is 6. The summed E-state index contributed by atoms with van der Waals surface area (Å²) >= 11 is 3.33. The van der Waals surface area contributed by atoms with E-state index in [4.69, 9.17) is 9.47 Å². The number of carbonyl (C=O) groups excluding carboxylic acids is 1. The number of cyclic esters (lactones) is 1. The molecule has 0 N–H and O–H groups in total. The molecule has 0 radical (unpaired) electrons. The molecule has 0 bridgehead atoms. The van der Waals surface area contributed by atoms with Crippen LogP contribution in [0.25, 0.3) is 6.08 Å². The van der Waals surface area contributed by atoms with Crippen LogP contribution in [-0.4, -0.2) is 23.9 Å². The molecule has 0 fully saturated rings. The van der Waals surface area contributed by atoms with Crippen LogP contribution in [-0.2, 0) is 9.53 Å². The topological polar surface area (TPSA) is 91.0 Å². The average Bonchev–Trinajstić information content (AvgIpc) is 2.96. The first-order valence-electron chi connectivity index (χ1n) is 7.09. The molecule has 126 valence electrons. The fourth-order valence-electron chi connectivity index (χ4n) is 2.22. The predicted octanol–water partition coefficient (Wildman–Crippen LogP) is 3.71. The number of ether oxygens (including phenoxy) is 2. The van der Waals surface area contributed by atoms with Crippen LogP contribution in [0.3, 0.4) is 0 Å². The standard InChI is InChI=1S/C17H11BrN2O5/c1-24-15-7-2-10(9-14(15)20(22)23)8-13-17(21)25-16(19-13)11-3-5-12(18)6-4-11/h2-9H,1H3/b13-8+. The van der Waals surface area contributed by atoms with E-state index in [2.05, 4.69) is 20.9 Å². The smallest absolute Gasteiger partial charge is 0.363 e. The lowest BCUT2D eigenvalue weighted by Crippen LogP contribution is -2.05. The molecular formula is C17H11BrN2O5. The highest BCUT2D eigenvalue weighted by atomic mass is 79.9. The van der Waals surface area contributed by atoms with Gasteiger partial charge in [0.05, 0.1) is 12.0 Å². The number of nitro groups is 1. The van der Waals surface area contributed by atoms with Gasteiger partial charge in [0.2, 0.25) is 5.90 Å². The number of halogens is 1. The average molecular weight is 403 g/mol. The Morgan fingerprint density at radius 3 is 2.60 bits per heavy atom. The van der Waals surface area contributed by atoms with Crippen molar-refractivity contribution in [3.63, 3.8) is 0 Å². The van der Waals surface area contributed by atoms with Gasteiger partial charge in [0.25, 0.3) is 0 Å². The van der Waals surface area contributed by atoms with Crippen LogP contribution >= 0.6 is 15.9 Å². The second kappa shape index (κ2) is 6.86. The summed E-state index contributed by atoms with van der Waals surface area (Å²) in [6.45, 7) is 0. The Bertz CT molecular complexity index is 919. The van der Waals surface area contributed by atoms with Gasteiger partial charge in [-0.15, -0.1) is 0 Å². The van der Waals surface area contributed by atoms with Crippen LogP contribution in [0.4, 0.5) is 5.69 Å². The van der Waals surface area contributed by atoms with E-state index in [0.29, 0.717) is 11.1 Å². The lowest BCUT2D eigenvalue weighted by atomic mass is 10.1. The summed E-state index contributed by atoms with van der Waals surface area (Å²) in [5, 5.41) is 11.1. The van der Waals surface area contributed by atoms with Crippen molar-refractivity contribution in [3.05, 3.63) is 73.9 Å². The zero-order chi connectivity index (χ0) is 18.0. The lowest BCUT2D eigenvalue weighted by molar-refractivity contribution is -0.385. The summed E-state index contributed by atoms with van der Waals surface area (Å²) < 4.78 is 11.0. The normalized spacial score (nSPS) is 15.0. The Morgan fingerprint density at radius 1 is 1.24 bits per heavy atom. The molecule has 0 unspecified atom stereocenters. The molecule has 0 aliphatic carbocycles. The fraction of sp³-hybridized carbons (Fsp3) is 0.0588. The summed E-state index contributed by atoms with van der Waals surface area (Å²) in [6.07, 6.45) is 1.43. The second-order valence-electron chi connectivity index (χ2n) is 5.03. The lowest BCUT2D eigenvalue weighted by Gasteiger charge is -2.02. The molecule has 1 heterocycles. The molecule has 3 rings (SSSR count). The molecule has 1 aliphatic heterocycles. The minimum Gasteiger partial charge on any atom is -0.490 e. The van der Waals surface area contributed by atoms with E-state index in [1.165, 1.54) is 25.3 Å². The first-order valence-corrected chi connectivity index (χ1v) is 7.88. The zero-order valence-electron chi connectivity index (χ0n) is 12.9. The van der Waals surface area contributed by atoms with Gasteiger partial charge in [0.1, 0.15) is 0 Å². The molecule has 2 aromatic rings. The van der Waals surface area contributed by atoms with Crippen molar-refractivity contribution >= 4 is 39.6 Å². The molecule has 0 aromatic heterocycles. The Morgan fingerprint density at radius 2 is 1.96 bits per heavy atom. The Kier molecular flexibility index (Phi) is 4.62. The van der Waals surface area contributed by atoms with Crippen molar-refractivity contribution in [2.75, 3.05) is 7.11 Å². The minimum absolute atomic E-state index is 0.0670. The fourth-order valence-corrected chi connectivity index (χ4v) is 2.49. The maximum atomic E-state index is 12.0. The Balaban J connectivity index is 1.95. The highest BCUT2D eigenvalue weighted by Crippen LogP contribution is 2.29. The third-order valence-electron chi connectivity index (χ3n) is 3.41. The number of aliphatic imine (C=N–C) groups is 1. The number of nitro benzene ring substituents is 1. The Labute approximate surface area is 150 Å². The van der Waals surface area contributed by atoms with Crippen LogP contribution in [0.1, 0.15) is 11.1 Å². The largest absolute Gasteiger partial charge is 0.490 e. The van der Waals surface area contributed by atoms with Gasteiger partial charge in [-0.05, 0) is 42.0 Å². The van der Waals surface area contributed by atoms with Crippen LogP contribution < -0.4 is 4.74 Å². The number of nitrogens with zero attached hydrogens (tertiary/aromatic N) is 2. The molecule has 1 aliphatic rings. The van der Waals surface area contributed by atoms with Crippen LogP contribution in [0.2, 0.25) is 0 Å². The number of benzene rings is 2. The van der Waals surface area contributed by atoms with Crippen molar-refractivity contribution in [3.8, 4) is 5.75 Å². The van der Waals surface area contributed by atoms with Gasteiger partial charge < -0.3 is 9.47 Å². The number of esters is 1. The summed E-state index contributed by atoms with van der Waals surface area (Å²) in [5.74, 6) is -0.289. The zero-order valence-corrected chi connectivity index (χ0v) is 14.5. The number of carbonyl (C=O) groups is 1. The Hall–Kier alpha value is -3.00. The van der Waals surface area contributed by atoms with E-state index in [0.717, 1.165) is 4.47 Å². The van der Waals surface area contributed by atoms with Crippen LogP contribution in [0, 0.1) is 10.1 Å². The van der Waals surface area contributed by atoms with Crippen LogP contribution in [0.5, 0.6) is 5.75 Å². The maximum absolute atomic E-state index is 12.0. The molecule has 7 nitrogen and oxygen atoms in total. The third kappa shape index (κ3) is 3.58. The van der Waals surface area contributed by atoms with E-state index in [9.17, 15) is 14.9 Å². The van der Waals surface area contributed by atoms with Crippen molar-refractivity contribution in [1.82, 2.24) is 0 Å². The highest BCUT2D eigenvalue weighted by Gasteiger charge is 2.24. The maximum Gasteiger partial charge on any atom is 0.363 e. The van der Waals surface area contributed by atoms with Gasteiger partial charge in [0, 0.05) is 16.1 Å². The van der Waals surface area contributed by atoms with E-state index in [1.807, 2.05) is 0 Å². The van der Waals surface area contributed by atoms with E-state index < -0.39 is 10.9 Å². The van der Waals surface area contributed by atoms with Gasteiger partial charge in [-0.25, -0.2) is 9.79 Å². The van der Waals surface area contributed by atoms with Crippen molar-refractivity contribution in [2.45, 2.75) is 0 Å². The third-order valence-corrected chi connectivity index (χ3v) is 3.94. The van der Waals surface area contributed by atoms with E-state index >= 15 is 0 Å². The summed E-state index contributed by atoms with van der Waals surface area (Å²) in [6, 6.07) is 11.5. The predicted molar refractivity (Wildman–Crippen MR) is 94.4 cm³/mol. The molecule has 0 spiro atoms. The van der Waals surface area contributed by atoms with Crippen molar-refractivity contribution in [2.24, 2.45) is 4.99 Å². The molecule has 2 aromatic carbocycles. The van der Waals surface area contributed by atoms with E-state index in [-0.39, 0.29) is 23.0 Å². The summed E-state index contributed by atoms with van der Waals surface area (Å²) in [7, 11) is 1.35. The van der Waals surface area contributed by atoms with Crippen molar-refractivity contribution in [1.29, 1.82) is 0 Å². The molecule has 0 amide bonds. The summed E-state index contributed by atoms with van der Waals surface area (Å²) in [4.78, 5) is 26.7.